The average Bonchev–Trinajstić information content (AvgIpc) is 2.63. The van der Waals surface area contributed by atoms with E-state index in [1.807, 2.05) is 0 Å². The number of nitro groups is 1. The number of aromatic nitrogens is 2. The summed E-state index contributed by atoms with van der Waals surface area (Å²) in [5, 5.41) is 14.5. The Kier molecular flexibility index (Phi) is 5.53. The van der Waals surface area contributed by atoms with Crippen LogP contribution in [0, 0.1) is 10.1 Å². The van der Waals surface area contributed by atoms with E-state index >= 15 is 0 Å². The SMILES string of the molecule is COCCOc1ccc(Nc2nc3ccccn3c(=O)c2[N+](=O)[O-])cc1Cl. The number of halogens is 1. The van der Waals surface area contributed by atoms with Crippen molar-refractivity contribution in [3.63, 3.8) is 0 Å². The van der Waals surface area contributed by atoms with E-state index in [2.05, 4.69) is 10.3 Å². The molecule has 0 aliphatic carbocycles. The Morgan fingerprint density at radius 3 is 2.81 bits per heavy atom. The summed E-state index contributed by atoms with van der Waals surface area (Å²) in [4.78, 5) is 27.3. The molecule has 0 atom stereocenters. The largest absolute Gasteiger partial charge is 0.490 e. The van der Waals surface area contributed by atoms with Gasteiger partial charge in [0, 0.05) is 19.0 Å². The molecule has 0 aliphatic heterocycles. The van der Waals surface area contributed by atoms with Gasteiger partial charge in [0.05, 0.1) is 16.6 Å². The zero-order valence-corrected chi connectivity index (χ0v) is 15.0. The molecule has 9 nitrogen and oxygen atoms in total. The Hall–Kier alpha value is -3.17. The van der Waals surface area contributed by atoms with Crippen molar-refractivity contribution in [3.05, 3.63) is 68.1 Å². The van der Waals surface area contributed by atoms with Crippen molar-refractivity contribution in [1.82, 2.24) is 9.38 Å². The summed E-state index contributed by atoms with van der Waals surface area (Å²) in [5.41, 5.74) is -0.732. The van der Waals surface area contributed by atoms with Crippen molar-refractivity contribution in [2.45, 2.75) is 0 Å². The van der Waals surface area contributed by atoms with Gasteiger partial charge in [0.2, 0.25) is 5.82 Å². The minimum Gasteiger partial charge on any atom is -0.490 e. The molecule has 0 saturated carbocycles. The van der Waals surface area contributed by atoms with Crippen molar-refractivity contribution in [2.75, 3.05) is 25.6 Å². The molecule has 3 aromatic rings. The molecule has 1 aromatic carbocycles. The quantitative estimate of drug-likeness (QED) is 0.375. The first kappa shape index (κ1) is 18.6. The van der Waals surface area contributed by atoms with E-state index < -0.39 is 16.2 Å². The van der Waals surface area contributed by atoms with E-state index in [4.69, 9.17) is 21.1 Å². The number of ether oxygens (including phenoxy) is 2. The van der Waals surface area contributed by atoms with Gasteiger partial charge < -0.3 is 14.8 Å². The number of nitrogens with one attached hydrogen (secondary N) is 1. The number of anilines is 2. The average molecular weight is 391 g/mol. The third-order valence-electron chi connectivity index (χ3n) is 3.63. The first-order valence-electron chi connectivity index (χ1n) is 7.85. The molecule has 140 valence electrons. The maximum Gasteiger partial charge on any atom is 0.376 e. The molecule has 10 heteroatoms. The number of fused-ring (bicyclic) bond motifs is 1. The van der Waals surface area contributed by atoms with Crippen molar-refractivity contribution in [2.24, 2.45) is 0 Å². The predicted molar refractivity (Wildman–Crippen MR) is 100 cm³/mol. The van der Waals surface area contributed by atoms with E-state index in [1.165, 1.54) is 12.3 Å². The molecular weight excluding hydrogens is 376 g/mol. The van der Waals surface area contributed by atoms with Gasteiger partial charge in [-0.1, -0.05) is 17.7 Å². The fourth-order valence-electron chi connectivity index (χ4n) is 2.40. The molecule has 2 heterocycles. The summed E-state index contributed by atoms with van der Waals surface area (Å²) in [5.74, 6) is 0.278. The minimum atomic E-state index is -0.779. The van der Waals surface area contributed by atoms with Gasteiger partial charge in [0.1, 0.15) is 18.0 Å². The molecule has 0 unspecified atom stereocenters. The van der Waals surface area contributed by atoms with Gasteiger partial charge in [0.25, 0.3) is 0 Å². The van der Waals surface area contributed by atoms with Crippen LogP contribution in [0.2, 0.25) is 5.02 Å². The van der Waals surface area contributed by atoms with E-state index in [0.29, 0.717) is 29.7 Å². The minimum absolute atomic E-state index is 0.166. The Balaban J connectivity index is 1.96. The third kappa shape index (κ3) is 3.99. The predicted octanol–water partition coefficient (Wildman–Crippen LogP) is 3.02. The van der Waals surface area contributed by atoms with E-state index in [1.54, 1.807) is 37.4 Å². The third-order valence-corrected chi connectivity index (χ3v) is 3.93. The Morgan fingerprint density at radius 2 is 2.11 bits per heavy atom. The van der Waals surface area contributed by atoms with Gasteiger partial charge in [-0.3, -0.25) is 19.3 Å². The summed E-state index contributed by atoms with van der Waals surface area (Å²) < 4.78 is 11.5. The van der Waals surface area contributed by atoms with Gasteiger partial charge in [-0.05, 0) is 30.3 Å². The Bertz CT molecular complexity index is 1050. The molecule has 0 amide bonds. The maximum atomic E-state index is 12.4. The molecule has 3 rings (SSSR count). The molecule has 0 fully saturated rings. The Morgan fingerprint density at radius 1 is 1.30 bits per heavy atom. The molecule has 27 heavy (non-hydrogen) atoms. The van der Waals surface area contributed by atoms with Crippen LogP contribution in [0.3, 0.4) is 0 Å². The van der Waals surface area contributed by atoms with Gasteiger partial charge in [-0.25, -0.2) is 4.98 Å². The van der Waals surface area contributed by atoms with Crippen LogP contribution in [-0.4, -0.2) is 34.6 Å². The van der Waals surface area contributed by atoms with E-state index in [-0.39, 0.29) is 11.5 Å². The summed E-state index contributed by atoms with van der Waals surface area (Å²) in [7, 11) is 1.56. The highest BCUT2D eigenvalue weighted by molar-refractivity contribution is 6.32. The first-order valence-corrected chi connectivity index (χ1v) is 8.23. The van der Waals surface area contributed by atoms with Gasteiger partial charge >= 0.3 is 11.2 Å². The van der Waals surface area contributed by atoms with Crippen LogP contribution >= 0.6 is 11.6 Å². The number of rotatable bonds is 7. The Labute approximate surface area is 158 Å². The number of methoxy groups -OCH3 is 1. The maximum absolute atomic E-state index is 12.4. The lowest BCUT2D eigenvalue weighted by atomic mass is 10.3. The molecule has 2 aromatic heterocycles. The number of nitrogens with zero attached hydrogens (tertiary/aromatic N) is 3. The van der Waals surface area contributed by atoms with Crippen LogP contribution in [0.15, 0.2) is 47.4 Å². The lowest BCUT2D eigenvalue weighted by Crippen LogP contribution is -2.20. The second-order valence-electron chi connectivity index (χ2n) is 5.41. The fraction of sp³-hybridized carbons (Fsp3) is 0.176. The van der Waals surface area contributed by atoms with Gasteiger partial charge in [-0.2, -0.15) is 0 Å². The number of pyridine rings is 1. The monoisotopic (exact) mass is 390 g/mol. The summed E-state index contributed by atoms with van der Waals surface area (Å²) in [6.07, 6.45) is 1.42. The molecule has 0 radical (unpaired) electrons. The summed E-state index contributed by atoms with van der Waals surface area (Å²) in [6.45, 7) is 0.741. The lowest BCUT2D eigenvalue weighted by Gasteiger charge is -2.11. The number of hydrogen-bond acceptors (Lipinski definition) is 7. The van der Waals surface area contributed by atoms with Gasteiger partial charge in [-0.15, -0.1) is 0 Å². The highest BCUT2D eigenvalue weighted by Gasteiger charge is 2.23. The van der Waals surface area contributed by atoms with E-state index in [0.717, 1.165) is 4.40 Å². The molecule has 0 saturated heterocycles. The van der Waals surface area contributed by atoms with Crippen LogP contribution in [0.1, 0.15) is 0 Å². The molecule has 0 aliphatic rings. The van der Waals surface area contributed by atoms with Crippen LogP contribution < -0.4 is 15.6 Å². The van der Waals surface area contributed by atoms with Crippen LogP contribution in [0.5, 0.6) is 5.75 Å². The number of benzene rings is 1. The summed E-state index contributed by atoms with van der Waals surface area (Å²) >= 11 is 6.18. The smallest absolute Gasteiger partial charge is 0.376 e. The molecular formula is C17H15ClN4O5. The van der Waals surface area contributed by atoms with E-state index in [9.17, 15) is 14.9 Å². The molecule has 0 spiro atoms. The fourth-order valence-corrected chi connectivity index (χ4v) is 2.63. The second kappa shape index (κ2) is 8.02. The summed E-state index contributed by atoms with van der Waals surface area (Å²) in [6, 6.07) is 9.61. The second-order valence-corrected chi connectivity index (χ2v) is 5.82. The highest BCUT2D eigenvalue weighted by atomic mass is 35.5. The standard InChI is InChI=1S/C17H15ClN4O5/c1-26-8-9-27-13-6-5-11(10-12(13)18)19-16-15(22(24)25)17(23)21-7-3-2-4-14(21)20-16/h2-7,10,19H,8-9H2,1H3. The normalized spacial score (nSPS) is 10.7. The van der Waals surface area contributed by atoms with Crippen LogP contribution in [0.25, 0.3) is 5.65 Å². The number of hydrogen-bond donors (Lipinski definition) is 1. The lowest BCUT2D eigenvalue weighted by molar-refractivity contribution is -0.385. The van der Waals surface area contributed by atoms with Crippen molar-refractivity contribution < 1.29 is 14.4 Å². The van der Waals surface area contributed by atoms with Crippen molar-refractivity contribution in [3.8, 4) is 5.75 Å². The molecule has 1 N–H and O–H groups in total. The van der Waals surface area contributed by atoms with Gasteiger partial charge in [0.15, 0.2) is 0 Å². The zero-order valence-electron chi connectivity index (χ0n) is 14.2. The zero-order chi connectivity index (χ0) is 19.4. The highest BCUT2D eigenvalue weighted by Crippen LogP contribution is 2.30. The molecule has 0 bridgehead atoms. The van der Waals surface area contributed by atoms with Crippen LogP contribution in [0.4, 0.5) is 17.2 Å². The van der Waals surface area contributed by atoms with Crippen molar-refractivity contribution >= 4 is 34.4 Å². The topological polar surface area (TPSA) is 108 Å². The van der Waals surface area contributed by atoms with Crippen molar-refractivity contribution in [1.29, 1.82) is 0 Å². The van der Waals surface area contributed by atoms with Crippen LogP contribution in [-0.2, 0) is 4.74 Å². The first-order chi connectivity index (χ1) is 13.0.